The fourth-order valence-electron chi connectivity index (χ4n) is 2.05. The molecular formula is C18H10Cl2FN3S. The van der Waals surface area contributed by atoms with Gasteiger partial charge in [0.25, 0.3) is 0 Å². The molecule has 0 amide bonds. The summed E-state index contributed by atoms with van der Waals surface area (Å²) in [5, 5.41) is 15.8. The van der Waals surface area contributed by atoms with E-state index in [2.05, 4.69) is 16.4 Å². The zero-order valence-electron chi connectivity index (χ0n) is 12.6. The van der Waals surface area contributed by atoms with E-state index < -0.39 is 0 Å². The molecule has 0 atom stereocenters. The van der Waals surface area contributed by atoms with Crippen LogP contribution in [0.4, 0.5) is 10.1 Å². The maximum atomic E-state index is 13.0. The first-order valence-corrected chi connectivity index (χ1v) is 8.74. The highest BCUT2D eigenvalue weighted by Gasteiger charge is 2.09. The molecule has 0 radical (unpaired) electrons. The van der Waals surface area contributed by atoms with Crippen LogP contribution in [-0.4, -0.2) is 4.98 Å². The number of allylic oxidation sites excluding steroid dienone is 1. The van der Waals surface area contributed by atoms with Gasteiger partial charge in [-0.3, -0.25) is 0 Å². The van der Waals surface area contributed by atoms with Crippen molar-refractivity contribution in [1.29, 1.82) is 5.26 Å². The Morgan fingerprint density at radius 1 is 1.20 bits per heavy atom. The van der Waals surface area contributed by atoms with E-state index in [0.29, 0.717) is 32.0 Å². The maximum absolute atomic E-state index is 13.0. The van der Waals surface area contributed by atoms with Gasteiger partial charge in [-0.25, -0.2) is 9.37 Å². The number of thiazole rings is 1. The lowest BCUT2D eigenvalue weighted by Crippen LogP contribution is -1.92. The second kappa shape index (κ2) is 7.66. The van der Waals surface area contributed by atoms with Crippen molar-refractivity contribution in [2.75, 3.05) is 5.32 Å². The van der Waals surface area contributed by atoms with Crippen LogP contribution in [0, 0.1) is 17.1 Å². The largest absolute Gasteiger partial charge is 0.359 e. The van der Waals surface area contributed by atoms with Crippen LogP contribution in [0.3, 0.4) is 0 Å². The summed E-state index contributed by atoms with van der Waals surface area (Å²) in [6.07, 6.45) is 1.53. The molecule has 0 saturated carbocycles. The lowest BCUT2D eigenvalue weighted by molar-refractivity contribution is 0.628. The van der Waals surface area contributed by atoms with E-state index in [9.17, 15) is 9.65 Å². The molecule has 3 rings (SSSR count). The lowest BCUT2D eigenvalue weighted by atomic mass is 10.2. The first-order chi connectivity index (χ1) is 12.1. The number of hydrogen-bond donors (Lipinski definition) is 1. The number of benzene rings is 2. The minimum Gasteiger partial charge on any atom is -0.359 e. The van der Waals surface area contributed by atoms with Crippen molar-refractivity contribution < 1.29 is 4.39 Å². The molecule has 3 aromatic rings. The quantitative estimate of drug-likeness (QED) is 0.537. The van der Waals surface area contributed by atoms with E-state index in [1.54, 1.807) is 30.3 Å². The molecule has 0 aliphatic rings. The van der Waals surface area contributed by atoms with E-state index in [1.807, 2.05) is 5.38 Å². The summed E-state index contributed by atoms with van der Waals surface area (Å²) in [6, 6.07) is 13.2. The summed E-state index contributed by atoms with van der Waals surface area (Å²) in [5.41, 5.74) is 2.42. The molecule has 0 bridgehead atoms. The van der Waals surface area contributed by atoms with Gasteiger partial charge in [0.2, 0.25) is 0 Å². The lowest BCUT2D eigenvalue weighted by Gasteiger charge is -2.04. The molecular weight excluding hydrogens is 380 g/mol. The molecule has 1 aromatic heterocycles. The maximum Gasteiger partial charge on any atom is 0.136 e. The van der Waals surface area contributed by atoms with Gasteiger partial charge in [-0.15, -0.1) is 11.3 Å². The molecule has 2 aromatic carbocycles. The standard InChI is InChI=1S/C18H10Cl2FN3S/c19-13-3-6-15(20)16(7-13)23-9-12(8-22)18-24-17(10-25-18)11-1-4-14(21)5-2-11/h1-7,9-10,23H. The normalized spacial score (nSPS) is 11.2. The Morgan fingerprint density at radius 3 is 2.68 bits per heavy atom. The average Bonchev–Trinajstić information content (AvgIpc) is 3.09. The van der Waals surface area contributed by atoms with E-state index in [1.165, 1.54) is 29.7 Å². The number of nitriles is 1. The molecule has 0 spiro atoms. The summed E-state index contributed by atoms with van der Waals surface area (Å²) in [7, 11) is 0. The highest BCUT2D eigenvalue weighted by molar-refractivity contribution is 7.11. The van der Waals surface area contributed by atoms with Crippen molar-refractivity contribution in [1.82, 2.24) is 4.98 Å². The fourth-order valence-corrected chi connectivity index (χ4v) is 3.19. The van der Waals surface area contributed by atoms with Gasteiger partial charge in [0, 0.05) is 22.2 Å². The number of nitrogens with zero attached hydrogens (tertiary/aromatic N) is 2. The topological polar surface area (TPSA) is 48.7 Å². The van der Waals surface area contributed by atoms with Crippen LogP contribution in [0.15, 0.2) is 54.0 Å². The summed E-state index contributed by atoms with van der Waals surface area (Å²) >= 11 is 13.4. The van der Waals surface area contributed by atoms with Crippen LogP contribution in [0.1, 0.15) is 5.01 Å². The molecule has 1 N–H and O–H groups in total. The zero-order valence-corrected chi connectivity index (χ0v) is 15.0. The van der Waals surface area contributed by atoms with E-state index in [0.717, 1.165) is 5.56 Å². The third kappa shape index (κ3) is 4.18. The molecule has 0 saturated heterocycles. The van der Waals surface area contributed by atoms with E-state index in [-0.39, 0.29) is 5.82 Å². The van der Waals surface area contributed by atoms with Gasteiger partial charge in [-0.1, -0.05) is 23.2 Å². The predicted octanol–water partition coefficient (Wildman–Crippen LogP) is 6.23. The van der Waals surface area contributed by atoms with Crippen LogP contribution in [0.25, 0.3) is 16.8 Å². The molecule has 0 aliphatic heterocycles. The number of rotatable bonds is 4. The molecule has 0 fully saturated rings. The first kappa shape index (κ1) is 17.4. The molecule has 124 valence electrons. The van der Waals surface area contributed by atoms with Gasteiger partial charge in [-0.2, -0.15) is 5.26 Å². The SMILES string of the molecule is N#CC(=CNc1cc(Cl)ccc1Cl)c1nc(-c2ccc(F)cc2)cs1. The number of hydrogen-bond acceptors (Lipinski definition) is 4. The van der Waals surface area contributed by atoms with Crippen LogP contribution >= 0.6 is 34.5 Å². The van der Waals surface area contributed by atoms with Gasteiger partial charge in [0.1, 0.15) is 22.5 Å². The van der Waals surface area contributed by atoms with E-state index >= 15 is 0 Å². The Morgan fingerprint density at radius 2 is 1.96 bits per heavy atom. The smallest absolute Gasteiger partial charge is 0.136 e. The van der Waals surface area contributed by atoms with E-state index in [4.69, 9.17) is 23.2 Å². The first-order valence-electron chi connectivity index (χ1n) is 7.10. The minimum atomic E-state index is -0.306. The molecule has 25 heavy (non-hydrogen) atoms. The Bertz CT molecular complexity index is 975. The highest BCUT2D eigenvalue weighted by atomic mass is 35.5. The van der Waals surface area contributed by atoms with Gasteiger partial charge in [0.15, 0.2) is 0 Å². The number of nitrogens with one attached hydrogen (secondary N) is 1. The Hall–Kier alpha value is -2.39. The van der Waals surface area contributed by atoms with Gasteiger partial charge in [-0.05, 0) is 42.5 Å². The third-order valence-corrected chi connectivity index (χ3v) is 4.74. The van der Waals surface area contributed by atoms with Crippen LogP contribution < -0.4 is 5.32 Å². The number of halogens is 3. The molecule has 7 heteroatoms. The van der Waals surface area contributed by atoms with Crippen molar-refractivity contribution >= 4 is 45.8 Å². The summed E-state index contributed by atoms with van der Waals surface area (Å²) < 4.78 is 13.0. The van der Waals surface area contributed by atoms with Crippen LogP contribution in [0.5, 0.6) is 0 Å². The zero-order chi connectivity index (χ0) is 17.8. The van der Waals surface area contributed by atoms with Gasteiger partial charge >= 0.3 is 0 Å². The van der Waals surface area contributed by atoms with Crippen molar-refractivity contribution in [3.8, 4) is 17.3 Å². The Balaban J connectivity index is 1.85. The van der Waals surface area contributed by atoms with Crippen molar-refractivity contribution in [2.24, 2.45) is 0 Å². The molecule has 0 aliphatic carbocycles. The summed E-state index contributed by atoms with van der Waals surface area (Å²) in [6.45, 7) is 0. The highest BCUT2D eigenvalue weighted by Crippen LogP contribution is 2.28. The van der Waals surface area contributed by atoms with Gasteiger partial charge < -0.3 is 5.32 Å². The second-order valence-corrected chi connectivity index (χ2v) is 6.68. The predicted molar refractivity (Wildman–Crippen MR) is 101 cm³/mol. The molecule has 1 heterocycles. The average molecular weight is 390 g/mol. The van der Waals surface area contributed by atoms with Gasteiger partial charge in [0.05, 0.1) is 16.4 Å². The number of anilines is 1. The monoisotopic (exact) mass is 389 g/mol. The number of aromatic nitrogens is 1. The Labute approximate surface area is 158 Å². The van der Waals surface area contributed by atoms with Crippen LogP contribution in [-0.2, 0) is 0 Å². The van der Waals surface area contributed by atoms with Crippen molar-refractivity contribution in [3.63, 3.8) is 0 Å². The fraction of sp³-hybridized carbons (Fsp3) is 0. The summed E-state index contributed by atoms with van der Waals surface area (Å²) in [4.78, 5) is 4.44. The van der Waals surface area contributed by atoms with Crippen molar-refractivity contribution in [2.45, 2.75) is 0 Å². The van der Waals surface area contributed by atoms with Crippen LogP contribution in [0.2, 0.25) is 10.0 Å². The second-order valence-electron chi connectivity index (χ2n) is 4.98. The third-order valence-electron chi connectivity index (χ3n) is 3.30. The summed E-state index contributed by atoms with van der Waals surface area (Å²) in [5.74, 6) is -0.306. The Kier molecular flexibility index (Phi) is 5.34. The minimum absolute atomic E-state index is 0.306. The molecule has 3 nitrogen and oxygen atoms in total. The molecule has 0 unspecified atom stereocenters. The van der Waals surface area contributed by atoms with Crippen molar-refractivity contribution in [3.05, 3.63) is 74.9 Å².